The zero-order chi connectivity index (χ0) is 17.9. The quantitative estimate of drug-likeness (QED) is 0.417. The molecule has 0 aliphatic heterocycles. The SMILES string of the molecule is CN=C(NCCCOCc1ccco1)NCCc1ccc(C)cc1C. The van der Waals surface area contributed by atoms with Gasteiger partial charge in [0.05, 0.1) is 6.26 Å². The number of nitrogens with one attached hydrogen (secondary N) is 2. The summed E-state index contributed by atoms with van der Waals surface area (Å²) in [6, 6.07) is 10.4. The summed E-state index contributed by atoms with van der Waals surface area (Å²) in [5.74, 6) is 1.69. The maximum absolute atomic E-state index is 5.56. The number of nitrogens with zero attached hydrogens (tertiary/aromatic N) is 1. The summed E-state index contributed by atoms with van der Waals surface area (Å²) in [5.41, 5.74) is 4.03. The van der Waals surface area contributed by atoms with Crippen molar-refractivity contribution < 1.29 is 9.15 Å². The van der Waals surface area contributed by atoms with E-state index >= 15 is 0 Å². The van der Waals surface area contributed by atoms with Crippen molar-refractivity contribution in [3.8, 4) is 0 Å². The van der Waals surface area contributed by atoms with Crippen LogP contribution in [0.4, 0.5) is 0 Å². The number of guanidine groups is 1. The molecule has 0 fully saturated rings. The molecule has 1 heterocycles. The van der Waals surface area contributed by atoms with Crippen LogP contribution in [0.25, 0.3) is 0 Å². The minimum atomic E-state index is 0.524. The fourth-order valence-corrected chi connectivity index (χ4v) is 2.61. The van der Waals surface area contributed by atoms with Gasteiger partial charge in [-0.15, -0.1) is 0 Å². The number of hydrogen-bond donors (Lipinski definition) is 2. The van der Waals surface area contributed by atoms with Gasteiger partial charge < -0.3 is 19.8 Å². The molecule has 25 heavy (non-hydrogen) atoms. The molecule has 2 rings (SSSR count). The molecule has 0 saturated heterocycles. The van der Waals surface area contributed by atoms with Crippen molar-refractivity contribution in [1.82, 2.24) is 10.6 Å². The molecule has 1 aromatic carbocycles. The van der Waals surface area contributed by atoms with Crippen LogP contribution in [0, 0.1) is 13.8 Å². The topological polar surface area (TPSA) is 58.8 Å². The summed E-state index contributed by atoms with van der Waals surface area (Å²) in [6.07, 6.45) is 3.56. The van der Waals surface area contributed by atoms with Gasteiger partial charge in [-0.2, -0.15) is 0 Å². The predicted octanol–water partition coefficient (Wildman–Crippen LogP) is 3.21. The van der Waals surface area contributed by atoms with E-state index < -0.39 is 0 Å². The Morgan fingerprint density at radius 3 is 2.72 bits per heavy atom. The van der Waals surface area contributed by atoms with Crippen LogP contribution in [0.15, 0.2) is 46.0 Å². The van der Waals surface area contributed by atoms with E-state index in [1.807, 2.05) is 12.1 Å². The lowest BCUT2D eigenvalue weighted by molar-refractivity contribution is 0.105. The van der Waals surface area contributed by atoms with Crippen LogP contribution in [0.2, 0.25) is 0 Å². The Morgan fingerprint density at radius 1 is 1.16 bits per heavy atom. The molecule has 0 spiro atoms. The van der Waals surface area contributed by atoms with Crippen molar-refractivity contribution in [3.63, 3.8) is 0 Å². The summed E-state index contributed by atoms with van der Waals surface area (Å²) in [6.45, 7) is 7.18. The van der Waals surface area contributed by atoms with Gasteiger partial charge in [0.25, 0.3) is 0 Å². The first-order valence-corrected chi connectivity index (χ1v) is 8.80. The predicted molar refractivity (Wildman–Crippen MR) is 102 cm³/mol. The van der Waals surface area contributed by atoms with Crippen molar-refractivity contribution in [2.45, 2.75) is 33.3 Å². The van der Waals surface area contributed by atoms with Crippen LogP contribution in [0.3, 0.4) is 0 Å². The molecule has 5 heteroatoms. The van der Waals surface area contributed by atoms with E-state index in [1.165, 1.54) is 16.7 Å². The Hall–Kier alpha value is -2.27. The zero-order valence-electron chi connectivity index (χ0n) is 15.5. The van der Waals surface area contributed by atoms with Crippen LogP contribution in [0.5, 0.6) is 0 Å². The second-order valence-corrected chi connectivity index (χ2v) is 6.09. The fourth-order valence-electron chi connectivity index (χ4n) is 2.61. The van der Waals surface area contributed by atoms with Crippen LogP contribution in [0.1, 0.15) is 28.9 Å². The highest BCUT2D eigenvalue weighted by Crippen LogP contribution is 2.10. The Balaban J connectivity index is 1.57. The Labute approximate surface area is 150 Å². The third-order valence-electron chi connectivity index (χ3n) is 3.99. The van der Waals surface area contributed by atoms with Crippen molar-refractivity contribution in [2.24, 2.45) is 4.99 Å². The van der Waals surface area contributed by atoms with E-state index in [0.717, 1.165) is 37.7 Å². The highest BCUT2D eigenvalue weighted by Gasteiger charge is 2.01. The fraction of sp³-hybridized carbons (Fsp3) is 0.450. The van der Waals surface area contributed by atoms with Gasteiger partial charge in [0, 0.05) is 26.7 Å². The molecule has 0 bridgehead atoms. The minimum absolute atomic E-state index is 0.524. The lowest BCUT2D eigenvalue weighted by Gasteiger charge is -2.13. The molecular weight excluding hydrogens is 314 g/mol. The largest absolute Gasteiger partial charge is 0.467 e. The Morgan fingerprint density at radius 2 is 2.00 bits per heavy atom. The minimum Gasteiger partial charge on any atom is -0.467 e. The second-order valence-electron chi connectivity index (χ2n) is 6.09. The average Bonchev–Trinajstić information content (AvgIpc) is 3.11. The molecule has 2 aromatic rings. The maximum atomic E-state index is 5.56. The summed E-state index contributed by atoms with van der Waals surface area (Å²) in [5, 5.41) is 6.66. The molecule has 136 valence electrons. The van der Waals surface area contributed by atoms with E-state index in [4.69, 9.17) is 9.15 Å². The number of furan rings is 1. The van der Waals surface area contributed by atoms with E-state index in [1.54, 1.807) is 13.3 Å². The molecule has 0 saturated carbocycles. The van der Waals surface area contributed by atoms with Gasteiger partial charge in [-0.3, -0.25) is 4.99 Å². The molecule has 0 aliphatic rings. The van der Waals surface area contributed by atoms with Gasteiger partial charge in [0.15, 0.2) is 5.96 Å². The van der Waals surface area contributed by atoms with Crippen molar-refractivity contribution in [2.75, 3.05) is 26.7 Å². The van der Waals surface area contributed by atoms with Gasteiger partial charge >= 0.3 is 0 Å². The van der Waals surface area contributed by atoms with Crippen molar-refractivity contribution >= 4 is 5.96 Å². The molecule has 0 aliphatic carbocycles. The number of hydrogen-bond acceptors (Lipinski definition) is 3. The zero-order valence-corrected chi connectivity index (χ0v) is 15.5. The lowest BCUT2D eigenvalue weighted by Crippen LogP contribution is -2.39. The first-order valence-electron chi connectivity index (χ1n) is 8.80. The number of aryl methyl sites for hydroxylation is 2. The third kappa shape index (κ3) is 7.01. The van der Waals surface area contributed by atoms with Gasteiger partial charge in [-0.05, 0) is 49.9 Å². The highest BCUT2D eigenvalue weighted by atomic mass is 16.5. The Kier molecular flexibility index (Phi) is 8.05. The van der Waals surface area contributed by atoms with Gasteiger partial charge in [-0.25, -0.2) is 0 Å². The van der Waals surface area contributed by atoms with Gasteiger partial charge in [0.2, 0.25) is 0 Å². The first kappa shape index (κ1) is 19.1. The van der Waals surface area contributed by atoms with Crippen LogP contribution in [-0.4, -0.2) is 32.7 Å². The molecular formula is C20H29N3O2. The molecule has 0 radical (unpaired) electrons. The van der Waals surface area contributed by atoms with E-state index in [9.17, 15) is 0 Å². The van der Waals surface area contributed by atoms with Crippen molar-refractivity contribution in [3.05, 3.63) is 59.0 Å². The lowest BCUT2D eigenvalue weighted by atomic mass is 10.0. The van der Waals surface area contributed by atoms with E-state index in [-0.39, 0.29) is 0 Å². The van der Waals surface area contributed by atoms with Crippen LogP contribution in [-0.2, 0) is 17.8 Å². The van der Waals surface area contributed by atoms with Crippen LogP contribution >= 0.6 is 0 Å². The average molecular weight is 343 g/mol. The second kappa shape index (κ2) is 10.6. The number of rotatable bonds is 9. The summed E-state index contributed by atoms with van der Waals surface area (Å²) < 4.78 is 10.8. The summed E-state index contributed by atoms with van der Waals surface area (Å²) >= 11 is 0. The molecule has 0 unspecified atom stereocenters. The molecule has 5 nitrogen and oxygen atoms in total. The van der Waals surface area contributed by atoms with Gasteiger partial charge in [-0.1, -0.05) is 23.8 Å². The van der Waals surface area contributed by atoms with E-state index in [2.05, 4.69) is 47.7 Å². The maximum Gasteiger partial charge on any atom is 0.190 e. The van der Waals surface area contributed by atoms with Gasteiger partial charge in [0.1, 0.15) is 12.4 Å². The number of aliphatic imine (C=N–C) groups is 1. The Bertz CT molecular complexity index is 651. The molecule has 2 N–H and O–H groups in total. The van der Waals surface area contributed by atoms with Crippen molar-refractivity contribution in [1.29, 1.82) is 0 Å². The first-order chi connectivity index (χ1) is 12.2. The number of ether oxygens (including phenoxy) is 1. The molecule has 0 atom stereocenters. The van der Waals surface area contributed by atoms with E-state index in [0.29, 0.717) is 13.2 Å². The third-order valence-corrected chi connectivity index (χ3v) is 3.99. The number of benzene rings is 1. The molecule has 1 aromatic heterocycles. The monoisotopic (exact) mass is 343 g/mol. The highest BCUT2D eigenvalue weighted by molar-refractivity contribution is 5.79. The summed E-state index contributed by atoms with van der Waals surface area (Å²) in [4.78, 5) is 4.25. The smallest absolute Gasteiger partial charge is 0.190 e. The summed E-state index contributed by atoms with van der Waals surface area (Å²) in [7, 11) is 1.79. The molecule has 0 amide bonds. The standard InChI is InChI=1S/C20H29N3O2/c1-16-7-8-18(17(2)14-16)9-11-23-20(21-3)22-10-5-12-24-15-19-6-4-13-25-19/h4,6-8,13-14H,5,9-12,15H2,1-3H3,(H2,21,22,23). The normalized spacial score (nSPS) is 11.6. The van der Waals surface area contributed by atoms with Crippen LogP contribution < -0.4 is 10.6 Å².